The number of piperidine rings is 1. The van der Waals surface area contributed by atoms with Crippen molar-refractivity contribution in [3.8, 4) is 0 Å². The molecule has 0 aliphatic carbocycles. The van der Waals surface area contributed by atoms with Gasteiger partial charge in [0.25, 0.3) is 0 Å². The summed E-state index contributed by atoms with van der Waals surface area (Å²) < 4.78 is 40.3. The molecule has 0 aromatic heterocycles. The maximum atomic E-state index is 13.1. The van der Waals surface area contributed by atoms with Gasteiger partial charge in [0.05, 0.1) is 17.7 Å². The van der Waals surface area contributed by atoms with Crippen LogP contribution in [-0.2, 0) is 20.6 Å². The van der Waals surface area contributed by atoms with Gasteiger partial charge in [-0.1, -0.05) is 41.4 Å². The Balaban J connectivity index is 1.66. The Labute approximate surface area is 186 Å². The predicted octanol–water partition coefficient (Wildman–Crippen LogP) is 4.55. The third-order valence-corrected chi connectivity index (χ3v) is 7.75. The Kier molecular flexibility index (Phi) is 7.39. The fraction of sp³-hybridized carbons (Fsp3) is 0.381. The lowest BCUT2D eigenvalue weighted by Crippen LogP contribution is -2.46. The Bertz CT molecular complexity index is 995. The second kappa shape index (κ2) is 9.64. The van der Waals surface area contributed by atoms with E-state index in [-0.39, 0.29) is 30.1 Å². The zero-order valence-corrected chi connectivity index (χ0v) is 18.8. The van der Waals surface area contributed by atoms with E-state index < -0.39 is 15.9 Å². The van der Waals surface area contributed by atoms with Gasteiger partial charge in [0, 0.05) is 28.7 Å². The van der Waals surface area contributed by atoms with E-state index in [4.69, 9.17) is 23.2 Å². The number of halogens is 3. The maximum Gasteiger partial charge on any atom is 0.224 e. The molecule has 1 fully saturated rings. The molecule has 0 unspecified atom stereocenters. The highest BCUT2D eigenvalue weighted by Crippen LogP contribution is 2.29. The predicted molar refractivity (Wildman–Crippen MR) is 116 cm³/mol. The van der Waals surface area contributed by atoms with Crippen LogP contribution in [0.3, 0.4) is 0 Å². The van der Waals surface area contributed by atoms with Crippen LogP contribution in [0.15, 0.2) is 42.5 Å². The monoisotopic (exact) mass is 472 g/mol. The van der Waals surface area contributed by atoms with Crippen molar-refractivity contribution in [2.24, 2.45) is 5.92 Å². The molecule has 5 nitrogen and oxygen atoms in total. The second-order valence-electron chi connectivity index (χ2n) is 7.44. The van der Waals surface area contributed by atoms with Crippen LogP contribution in [0.4, 0.5) is 4.39 Å². The van der Waals surface area contributed by atoms with Gasteiger partial charge in [0.15, 0.2) is 0 Å². The normalized spacial score (nSPS) is 18.7. The molecule has 1 heterocycles. The van der Waals surface area contributed by atoms with E-state index in [0.717, 1.165) is 5.56 Å². The summed E-state index contributed by atoms with van der Waals surface area (Å²) in [5.41, 5.74) is 1.13. The van der Waals surface area contributed by atoms with Crippen molar-refractivity contribution in [3.63, 3.8) is 0 Å². The Hall–Kier alpha value is -1.67. The molecule has 2 atom stereocenters. The first-order chi connectivity index (χ1) is 14.2. The molecule has 2 aromatic rings. The topological polar surface area (TPSA) is 66.5 Å². The average molecular weight is 473 g/mol. The van der Waals surface area contributed by atoms with Gasteiger partial charge in [-0.25, -0.2) is 17.1 Å². The standard InChI is InChI=1S/C21H23Cl2FN2O3S/c1-14(15-7-9-17(24)10-8-15)25-21(27)16-4-3-11-26(12-16)30(28,29)13-18-19(22)5-2-6-20(18)23/h2,5-10,14,16H,3-4,11-13H2,1H3,(H,25,27)/t14-,16-/m0/s1. The van der Waals surface area contributed by atoms with E-state index in [0.29, 0.717) is 35.0 Å². The number of carbonyl (C=O) groups is 1. The molecule has 1 aliphatic heterocycles. The molecule has 0 radical (unpaired) electrons. The molecule has 2 aromatic carbocycles. The molecule has 0 bridgehead atoms. The van der Waals surface area contributed by atoms with Gasteiger partial charge in [-0.2, -0.15) is 0 Å². The zero-order chi connectivity index (χ0) is 21.9. The van der Waals surface area contributed by atoms with E-state index in [1.165, 1.54) is 16.4 Å². The minimum atomic E-state index is -3.69. The summed E-state index contributed by atoms with van der Waals surface area (Å²) in [6.07, 6.45) is 1.18. The van der Waals surface area contributed by atoms with Crippen molar-refractivity contribution >= 4 is 39.1 Å². The quantitative estimate of drug-likeness (QED) is 0.670. The van der Waals surface area contributed by atoms with E-state index >= 15 is 0 Å². The first kappa shape index (κ1) is 23.0. The summed E-state index contributed by atoms with van der Waals surface area (Å²) in [5.74, 6) is -1.34. The van der Waals surface area contributed by atoms with Crippen LogP contribution in [0, 0.1) is 11.7 Å². The second-order valence-corrected chi connectivity index (χ2v) is 10.2. The van der Waals surface area contributed by atoms with Crippen LogP contribution < -0.4 is 5.32 Å². The van der Waals surface area contributed by atoms with Crippen LogP contribution >= 0.6 is 23.2 Å². The van der Waals surface area contributed by atoms with Crippen molar-refractivity contribution < 1.29 is 17.6 Å². The SMILES string of the molecule is C[C@H](NC(=O)[C@H]1CCCN(S(=O)(=O)Cc2c(Cl)cccc2Cl)C1)c1ccc(F)cc1. The molecule has 1 N–H and O–H groups in total. The number of sulfonamides is 1. The number of rotatable bonds is 6. The van der Waals surface area contributed by atoms with E-state index in [1.54, 1.807) is 30.3 Å². The number of nitrogens with one attached hydrogen (secondary N) is 1. The van der Waals surface area contributed by atoms with E-state index in [2.05, 4.69) is 5.32 Å². The number of hydrogen-bond acceptors (Lipinski definition) is 3. The number of carbonyl (C=O) groups excluding carboxylic acids is 1. The van der Waals surface area contributed by atoms with E-state index in [1.807, 2.05) is 6.92 Å². The maximum absolute atomic E-state index is 13.1. The molecular formula is C21H23Cl2FN2O3S. The minimum Gasteiger partial charge on any atom is -0.349 e. The summed E-state index contributed by atoms with van der Waals surface area (Å²) in [6, 6.07) is 10.5. The van der Waals surface area contributed by atoms with Crippen LogP contribution in [0.25, 0.3) is 0 Å². The molecule has 1 amide bonds. The van der Waals surface area contributed by atoms with Gasteiger partial charge >= 0.3 is 0 Å². The molecule has 30 heavy (non-hydrogen) atoms. The highest BCUT2D eigenvalue weighted by atomic mass is 35.5. The molecule has 0 saturated carbocycles. The fourth-order valence-corrected chi connectivity index (χ4v) is 5.88. The summed E-state index contributed by atoms with van der Waals surface area (Å²) in [4.78, 5) is 12.7. The molecule has 1 saturated heterocycles. The van der Waals surface area contributed by atoms with E-state index in [9.17, 15) is 17.6 Å². The fourth-order valence-electron chi connectivity index (χ4n) is 3.52. The smallest absolute Gasteiger partial charge is 0.224 e. The van der Waals surface area contributed by atoms with Gasteiger partial charge in [0.1, 0.15) is 5.82 Å². The highest BCUT2D eigenvalue weighted by molar-refractivity contribution is 7.88. The van der Waals surface area contributed by atoms with Crippen molar-refractivity contribution in [3.05, 3.63) is 69.5 Å². The molecule has 3 rings (SSSR count). The van der Waals surface area contributed by atoms with Crippen molar-refractivity contribution in [1.82, 2.24) is 9.62 Å². The lowest BCUT2D eigenvalue weighted by molar-refractivity contribution is -0.126. The van der Waals surface area contributed by atoms with Crippen LogP contribution in [0.2, 0.25) is 10.0 Å². The molecule has 9 heteroatoms. The van der Waals surface area contributed by atoms with Gasteiger partial charge < -0.3 is 5.32 Å². The van der Waals surface area contributed by atoms with Crippen molar-refractivity contribution in [2.75, 3.05) is 13.1 Å². The van der Waals surface area contributed by atoms with Crippen LogP contribution in [0.5, 0.6) is 0 Å². The minimum absolute atomic E-state index is 0.104. The Morgan fingerprint density at radius 3 is 2.47 bits per heavy atom. The lowest BCUT2D eigenvalue weighted by atomic mass is 9.98. The molecule has 1 aliphatic rings. The summed E-state index contributed by atoms with van der Waals surface area (Å²) >= 11 is 12.2. The molecule has 162 valence electrons. The third-order valence-electron chi connectivity index (χ3n) is 5.27. The average Bonchev–Trinajstić information content (AvgIpc) is 2.71. The first-order valence-corrected chi connectivity index (χ1v) is 12.0. The number of nitrogens with zero attached hydrogens (tertiary/aromatic N) is 1. The largest absolute Gasteiger partial charge is 0.349 e. The van der Waals surface area contributed by atoms with Gasteiger partial charge in [-0.3, -0.25) is 4.79 Å². The number of hydrogen-bond donors (Lipinski definition) is 1. The first-order valence-electron chi connectivity index (χ1n) is 9.64. The van der Waals surface area contributed by atoms with Crippen molar-refractivity contribution in [2.45, 2.75) is 31.6 Å². The van der Waals surface area contributed by atoms with Crippen LogP contribution in [0.1, 0.15) is 36.9 Å². The Morgan fingerprint density at radius 2 is 1.83 bits per heavy atom. The molecule has 0 spiro atoms. The van der Waals surface area contributed by atoms with Gasteiger partial charge in [0.2, 0.25) is 15.9 Å². The lowest BCUT2D eigenvalue weighted by Gasteiger charge is -2.32. The summed E-state index contributed by atoms with van der Waals surface area (Å²) in [5, 5.41) is 3.49. The van der Waals surface area contributed by atoms with Crippen LogP contribution in [-0.4, -0.2) is 31.7 Å². The molecular weight excluding hydrogens is 450 g/mol. The number of amides is 1. The van der Waals surface area contributed by atoms with Gasteiger partial charge in [-0.15, -0.1) is 0 Å². The summed E-state index contributed by atoms with van der Waals surface area (Å²) in [7, 11) is -3.69. The summed E-state index contributed by atoms with van der Waals surface area (Å²) in [6.45, 7) is 2.26. The van der Waals surface area contributed by atoms with Gasteiger partial charge in [-0.05, 0) is 49.6 Å². The number of benzene rings is 2. The third kappa shape index (κ3) is 5.52. The van der Waals surface area contributed by atoms with Crippen molar-refractivity contribution in [1.29, 1.82) is 0 Å². The Morgan fingerprint density at radius 1 is 1.20 bits per heavy atom. The zero-order valence-electron chi connectivity index (χ0n) is 16.4. The highest BCUT2D eigenvalue weighted by Gasteiger charge is 2.33.